The van der Waals surface area contributed by atoms with E-state index in [0.29, 0.717) is 29.0 Å². The summed E-state index contributed by atoms with van der Waals surface area (Å²) in [6.45, 7) is 0. The molecule has 21 heavy (non-hydrogen) atoms. The predicted octanol–water partition coefficient (Wildman–Crippen LogP) is 3.88. The van der Waals surface area contributed by atoms with Crippen LogP contribution in [0.2, 0.25) is 0 Å². The molecule has 0 atom stereocenters. The Hall–Kier alpha value is -2.25. The number of hydrogen-bond acceptors (Lipinski definition) is 1. The van der Waals surface area contributed by atoms with E-state index < -0.39 is 29.0 Å². The first-order chi connectivity index (χ1) is 9.59. The van der Waals surface area contributed by atoms with Crippen LogP contribution in [0.1, 0.15) is 11.1 Å². The maximum Gasteiger partial charge on any atom is 0.417 e. The summed E-state index contributed by atoms with van der Waals surface area (Å²) in [5.74, 6) is 0. The molecular weight excluding hydrogens is 300 g/mol. The molecule has 0 N–H and O–H groups in total. The van der Waals surface area contributed by atoms with Gasteiger partial charge in [-0.15, -0.1) is 0 Å². The Balaban J connectivity index is 2.60. The molecule has 1 aromatic carbocycles. The molecule has 0 fully saturated rings. The molecule has 0 bridgehead atoms. The van der Waals surface area contributed by atoms with Crippen LogP contribution in [0.4, 0.5) is 26.3 Å². The Kier molecular flexibility index (Phi) is 3.56. The topological polar surface area (TPSA) is 22.0 Å². The lowest BCUT2D eigenvalue weighted by molar-refractivity contribution is -0.138. The van der Waals surface area contributed by atoms with Crippen LogP contribution in [0.15, 0.2) is 47.4 Å². The normalized spacial score (nSPS) is 12.5. The van der Waals surface area contributed by atoms with Crippen LogP contribution in [0.5, 0.6) is 0 Å². The molecule has 0 unspecified atom stereocenters. The molecule has 0 saturated carbocycles. The van der Waals surface area contributed by atoms with Gasteiger partial charge in [0.05, 0.1) is 11.1 Å². The van der Waals surface area contributed by atoms with Crippen LogP contribution in [0, 0.1) is 0 Å². The molecular formula is C13H7F6NO. The van der Waals surface area contributed by atoms with Crippen LogP contribution >= 0.6 is 0 Å². The lowest BCUT2D eigenvalue weighted by atomic mass is 10.2. The summed E-state index contributed by atoms with van der Waals surface area (Å²) in [6.07, 6.45) is -8.88. The third kappa shape index (κ3) is 3.26. The molecule has 112 valence electrons. The highest BCUT2D eigenvalue weighted by Gasteiger charge is 2.32. The summed E-state index contributed by atoms with van der Waals surface area (Å²) >= 11 is 0. The maximum atomic E-state index is 12.6. The first-order valence-corrected chi connectivity index (χ1v) is 5.56. The third-order valence-corrected chi connectivity index (χ3v) is 2.69. The van der Waals surface area contributed by atoms with E-state index >= 15 is 0 Å². The van der Waals surface area contributed by atoms with Crippen molar-refractivity contribution in [2.75, 3.05) is 0 Å². The standard InChI is InChI=1S/C13H7F6NO/c14-12(15,16)8-2-1-3-10(6-8)20-7-9(13(17,18)19)4-5-11(20)21/h1-7H. The van der Waals surface area contributed by atoms with Crippen LogP contribution < -0.4 is 5.56 Å². The number of hydrogen-bond donors (Lipinski definition) is 0. The van der Waals surface area contributed by atoms with Crippen molar-refractivity contribution in [2.45, 2.75) is 12.4 Å². The molecule has 1 heterocycles. The minimum atomic E-state index is -4.70. The van der Waals surface area contributed by atoms with Crippen molar-refractivity contribution in [3.8, 4) is 5.69 Å². The van der Waals surface area contributed by atoms with E-state index in [1.807, 2.05) is 0 Å². The van der Waals surface area contributed by atoms with E-state index in [-0.39, 0.29) is 5.69 Å². The highest BCUT2D eigenvalue weighted by molar-refractivity contribution is 5.38. The smallest absolute Gasteiger partial charge is 0.284 e. The van der Waals surface area contributed by atoms with Crippen molar-refractivity contribution >= 4 is 0 Å². The van der Waals surface area contributed by atoms with Crippen LogP contribution in [0.3, 0.4) is 0 Å². The molecule has 0 saturated heterocycles. The van der Waals surface area contributed by atoms with Gasteiger partial charge in [-0.05, 0) is 24.3 Å². The van der Waals surface area contributed by atoms with Crippen molar-refractivity contribution < 1.29 is 26.3 Å². The second kappa shape index (κ2) is 4.94. The SMILES string of the molecule is O=c1ccc(C(F)(F)F)cn1-c1cccc(C(F)(F)F)c1. The van der Waals surface area contributed by atoms with Crippen molar-refractivity contribution in [3.63, 3.8) is 0 Å². The molecule has 0 radical (unpaired) electrons. The van der Waals surface area contributed by atoms with Crippen molar-refractivity contribution in [2.24, 2.45) is 0 Å². The second-order valence-electron chi connectivity index (χ2n) is 4.17. The number of alkyl halides is 6. The Morgan fingerprint density at radius 3 is 2.00 bits per heavy atom. The summed E-state index contributed by atoms with van der Waals surface area (Å²) in [5, 5.41) is 0. The summed E-state index contributed by atoms with van der Waals surface area (Å²) in [6, 6.07) is 4.75. The first kappa shape index (κ1) is 15.1. The molecule has 1 aromatic heterocycles. The van der Waals surface area contributed by atoms with Crippen LogP contribution in [-0.2, 0) is 12.4 Å². The van der Waals surface area contributed by atoms with Gasteiger partial charge in [0.15, 0.2) is 0 Å². The predicted molar refractivity (Wildman–Crippen MR) is 62.0 cm³/mol. The van der Waals surface area contributed by atoms with E-state index in [1.165, 1.54) is 0 Å². The van der Waals surface area contributed by atoms with Gasteiger partial charge in [0.1, 0.15) is 0 Å². The molecule has 0 aliphatic rings. The van der Waals surface area contributed by atoms with Gasteiger partial charge in [-0.2, -0.15) is 26.3 Å². The van der Waals surface area contributed by atoms with Gasteiger partial charge in [-0.3, -0.25) is 9.36 Å². The molecule has 8 heteroatoms. The Labute approximate surface area is 114 Å². The number of pyridine rings is 1. The lowest BCUT2D eigenvalue weighted by Gasteiger charge is -2.12. The van der Waals surface area contributed by atoms with E-state index in [9.17, 15) is 31.1 Å². The van der Waals surface area contributed by atoms with Crippen molar-refractivity contribution in [1.29, 1.82) is 0 Å². The van der Waals surface area contributed by atoms with E-state index in [2.05, 4.69) is 0 Å². The third-order valence-electron chi connectivity index (χ3n) is 2.69. The Bertz CT molecular complexity index is 714. The number of nitrogens with zero attached hydrogens (tertiary/aromatic N) is 1. The average Bonchev–Trinajstić information content (AvgIpc) is 2.37. The summed E-state index contributed by atoms with van der Waals surface area (Å²) < 4.78 is 76.0. The van der Waals surface area contributed by atoms with Crippen molar-refractivity contribution in [1.82, 2.24) is 4.57 Å². The van der Waals surface area contributed by atoms with Gasteiger partial charge in [-0.1, -0.05) is 6.07 Å². The molecule has 0 aliphatic heterocycles. The average molecular weight is 307 g/mol. The lowest BCUT2D eigenvalue weighted by Crippen LogP contribution is -2.20. The van der Waals surface area contributed by atoms with Gasteiger partial charge < -0.3 is 0 Å². The van der Waals surface area contributed by atoms with Gasteiger partial charge in [0.25, 0.3) is 5.56 Å². The zero-order valence-electron chi connectivity index (χ0n) is 10.2. The summed E-state index contributed by atoms with van der Waals surface area (Å²) in [4.78, 5) is 11.6. The van der Waals surface area contributed by atoms with Gasteiger partial charge in [0, 0.05) is 18.0 Å². The zero-order chi connectivity index (χ0) is 15.8. The summed E-state index contributed by atoms with van der Waals surface area (Å²) in [7, 11) is 0. The first-order valence-electron chi connectivity index (χ1n) is 5.56. The number of rotatable bonds is 1. The maximum absolute atomic E-state index is 12.6. The largest absolute Gasteiger partial charge is 0.417 e. The molecule has 2 rings (SSSR count). The molecule has 0 spiro atoms. The number of benzene rings is 1. The molecule has 0 amide bonds. The fourth-order valence-electron chi connectivity index (χ4n) is 1.69. The Morgan fingerprint density at radius 1 is 0.810 bits per heavy atom. The van der Waals surface area contributed by atoms with Crippen molar-refractivity contribution in [3.05, 3.63) is 64.1 Å². The fourth-order valence-corrected chi connectivity index (χ4v) is 1.69. The van der Waals surface area contributed by atoms with E-state index in [4.69, 9.17) is 0 Å². The van der Waals surface area contributed by atoms with E-state index in [1.54, 1.807) is 0 Å². The fraction of sp³-hybridized carbons (Fsp3) is 0.154. The minimum absolute atomic E-state index is 0.291. The number of aromatic nitrogens is 1. The zero-order valence-corrected chi connectivity index (χ0v) is 10.2. The molecule has 2 aromatic rings. The molecule has 0 aliphatic carbocycles. The molecule has 2 nitrogen and oxygen atoms in total. The second-order valence-corrected chi connectivity index (χ2v) is 4.17. The monoisotopic (exact) mass is 307 g/mol. The number of halogens is 6. The van der Waals surface area contributed by atoms with Crippen LogP contribution in [0.25, 0.3) is 5.69 Å². The van der Waals surface area contributed by atoms with Gasteiger partial charge >= 0.3 is 12.4 Å². The summed E-state index contributed by atoms with van der Waals surface area (Å²) in [5.41, 5.74) is -3.33. The highest BCUT2D eigenvalue weighted by atomic mass is 19.4. The van der Waals surface area contributed by atoms with E-state index in [0.717, 1.165) is 18.2 Å². The quantitative estimate of drug-likeness (QED) is 0.733. The van der Waals surface area contributed by atoms with Gasteiger partial charge in [0.2, 0.25) is 0 Å². The minimum Gasteiger partial charge on any atom is -0.284 e. The van der Waals surface area contributed by atoms with Gasteiger partial charge in [-0.25, -0.2) is 0 Å². The van der Waals surface area contributed by atoms with Crippen LogP contribution in [-0.4, -0.2) is 4.57 Å². The highest BCUT2D eigenvalue weighted by Crippen LogP contribution is 2.31. The Morgan fingerprint density at radius 2 is 1.43 bits per heavy atom.